The zero-order valence-electron chi connectivity index (χ0n) is 14.8. The van der Waals surface area contributed by atoms with Crippen molar-refractivity contribution in [2.75, 3.05) is 18.5 Å². The Hall–Kier alpha value is -1.75. The van der Waals surface area contributed by atoms with Crippen LogP contribution in [-0.2, 0) is 0 Å². The van der Waals surface area contributed by atoms with E-state index in [1.165, 1.54) is 0 Å². The van der Waals surface area contributed by atoms with Crippen LogP contribution in [-0.4, -0.2) is 30.4 Å². The van der Waals surface area contributed by atoms with Crippen LogP contribution in [0.15, 0.2) is 24.3 Å². The Morgan fingerprint density at radius 3 is 2.61 bits per heavy atom. The monoisotopic (exact) mass is 322 g/mol. The lowest BCUT2D eigenvalue weighted by atomic mass is 9.87. The lowest BCUT2D eigenvalue weighted by Crippen LogP contribution is -2.38. The molecule has 1 rings (SSSR count). The molecule has 0 saturated carbocycles. The first kappa shape index (κ1) is 19.3. The minimum Gasteiger partial charge on any atom is -0.493 e. The summed E-state index contributed by atoms with van der Waals surface area (Å²) in [6.07, 6.45) is 0.246. The second-order valence-corrected chi connectivity index (χ2v) is 7.26. The van der Waals surface area contributed by atoms with Crippen molar-refractivity contribution in [1.82, 2.24) is 5.32 Å². The number of benzene rings is 1. The van der Waals surface area contributed by atoms with Gasteiger partial charge in [0.25, 0.3) is 0 Å². The molecule has 0 aromatic heterocycles. The van der Waals surface area contributed by atoms with Gasteiger partial charge in [-0.2, -0.15) is 0 Å². The van der Waals surface area contributed by atoms with Crippen molar-refractivity contribution < 1.29 is 14.6 Å². The zero-order chi connectivity index (χ0) is 17.5. The van der Waals surface area contributed by atoms with Gasteiger partial charge in [-0.15, -0.1) is 0 Å². The summed E-state index contributed by atoms with van der Waals surface area (Å²) in [6.45, 7) is 11.1. The molecule has 0 aliphatic heterocycles. The van der Waals surface area contributed by atoms with Crippen molar-refractivity contribution in [2.24, 2.45) is 11.3 Å². The van der Waals surface area contributed by atoms with Gasteiger partial charge < -0.3 is 20.5 Å². The molecule has 1 aromatic carbocycles. The van der Waals surface area contributed by atoms with Crippen LogP contribution in [0, 0.1) is 11.3 Å². The normalized spacial score (nSPS) is 12.8. The Labute approximate surface area is 139 Å². The predicted octanol–water partition coefficient (Wildman–Crippen LogP) is 3.64. The molecule has 0 radical (unpaired) electrons. The summed E-state index contributed by atoms with van der Waals surface area (Å²) >= 11 is 0. The molecular weight excluding hydrogens is 292 g/mol. The van der Waals surface area contributed by atoms with Crippen LogP contribution in [0.2, 0.25) is 0 Å². The quantitative estimate of drug-likeness (QED) is 0.684. The summed E-state index contributed by atoms with van der Waals surface area (Å²) in [7, 11) is 0. The van der Waals surface area contributed by atoms with E-state index in [1.54, 1.807) is 6.92 Å². The van der Waals surface area contributed by atoms with Crippen molar-refractivity contribution >= 4 is 11.7 Å². The number of hydrogen-bond acceptors (Lipinski definition) is 3. The Morgan fingerprint density at radius 1 is 1.30 bits per heavy atom. The van der Waals surface area contributed by atoms with Crippen LogP contribution in [0.4, 0.5) is 10.5 Å². The van der Waals surface area contributed by atoms with E-state index in [-0.39, 0.29) is 17.6 Å². The van der Waals surface area contributed by atoms with E-state index in [1.807, 2.05) is 38.1 Å². The molecule has 0 heterocycles. The molecule has 0 fully saturated rings. The fourth-order valence-electron chi connectivity index (χ4n) is 2.29. The van der Waals surface area contributed by atoms with Crippen molar-refractivity contribution in [2.45, 2.75) is 47.1 Å². The third-order valence-electron chi connectivity index (χ3n) is 3.25. The van der Waals surface area contributed by atoms with Gasteiger partial charge in [-0.1, -0.05) is 33.8 Å². The summed E-state index contributed by atoms with van der Waals surface area (Å²) in [6, 6.07) is 7.09. The zero-order valence-corrected chi connectivity index (χ0v) is 14.8. The molecule has 1 atom stereocenters. The number of aliphatic hydroxyl groups excluding tert-OH is 1. The smallest absolute Gasteiger partial charge is 0.319 e. The van der Waals surface area contributed by atoms with Crippen molar-refractivity contribution in [3.63, 3.8) is 0 Å². The SMILES string of the molecule is CC(C)COc1cccc(NC(=O)NCC(C)(C)CC(C)O)c1. The number of hydrogen-bond donors (Lipinski definition) is 3. The fraction of sp³-hybridized carbons (Fsp3) is 0.611. The van der Waals surface area contributed by atoms with Crippen LogP contribution < -0.4 is 15.4 Å². The van der Waals surface area contributed by atoms with Gasteiger partial charge in [0.2, 0.25) is 0 Å². The average Bonchev–Trinajstić information content (AvgIpc) is 2.42. The first-order chi connectivity index (χ1) is 10.7. The maximum Gasteiger partial charge on any atom is 0.319 e. The van der Waals surface area contributed by atoms with Crippen LogP contribution in [0.1, 0.15) is 41.0 Å². The van der Waals surface area contributed by atoms with Crippen LogP contribution in [0.25, 0.3) is 0 Å². The molecule has 0 aliphatic rings. The minimum atomic E-state index is -0.385. The molecule has 23 heavy (non-hydrogen) atoms. The topological polar surface area (TPSA) is 70.6 Å². The number of nitrogens with one attached hydrogen (secondary N) is 2. The number of ether oxygens (including phenoxy) is 1. The third-order valence-corrected chi connectivity index (χ3v) is 3.25. The summed E-state index contributed by atoms with van der Waals surface area (Å²) in [5.41, 5.74) is 0.533. The van der Waals surface area contributed by atoms with E-state index >= 15 is 0 Å². The number of urea groups is 1. The number of aliphatic hydroxyl groups is 1. The van der Waals surface area contributed by atoms with E-state index in [0.717, 1.165) is 5.75 Å². The van der Waals surface area contributed by atoms with Gasteiger partial charge in [-0.25, -0.2) is 4.79 Å². The summed E-state index contributed by atoms with van der Waals surface area (Å²) in [4.78, 5) is 12.0. The summed E-state index contributed by atoms with van der Waals surface area (Å²) in [5, 5.41) is 15.1. The van der Waals surface area contributed by atoms with E-state index < -0.39 is 0 Å². The van der Waals surface area contributed by atoms with Gasteiger partial charge >= 0.3 is 6.03 Å². The summed E-state index contributed by atoms with van der Waals surface area (Å²) in [5.74, 6) is 1.19. The molecule has 2 amide bonds. The molecule has 130 valence electrons. The Balaban J connectivity index is 2.49. The highest BCUT2D eigenvalue weighted by atomic mass is 16.5. The molecule has 1 aromatic rings. The number of anilines is 1. The lowest BCUT2D eigenvalue weighted by molar-refractivity contribution is 0.129. The van der Waals surface area contributed by atoms with Crippen LogP contribution in [0.3, 0.4) is 0 Å². The van der Waals surface area contributed by atoms with Gasteiger partial charge in [-0.05, 0) is 36.8 Å². The van der Waals surface area contributed by atoms with Gasteiger partial charge in [-0.3, -0.25) is 0 Å². The minimum absolute atomic E-state index is 0.159. The highest BCUT2D eigenvalue weighted by molar-refractivity contribution is 5.89. The fourth-order valence-corrected chi connectivity index (χ4v) is 2.29. The van der Waals surface area contributed by atoms with Gasteiger partial charge in [0.1, 0.15) is 5.75 Å². The van der Waals surface area contributed by atoms with Crippen LogP contribution in [0.5, 0.6) is 5.75 Å². The first-order valence-electron chi connectivity index (χ1n) is 8.14. The molecule has 5 heteroatoms. The van der Waals surface area contributed by atoms with E-state index in [9.17, 15) is 9.90 Å². The van der Waals surface area contributed by atoms with E-state index in [0.29, 0.717) is 31.2 Å². The van der Waals surface area contributed by atoms with Gasteiger partial charge in [0.15, 0.2) is 0 Å². The first-order valence-corrected chi connectivity index (χ1v) is 8.14. The molecule has 0 aliphatic carbocycles. The Morgan fingerprint density at radius 2 is 2.00 bits per heavy atom. The van der Waals surface area contributed by atoms with Crippen molar-refractivity contribution in [3.8, 4) is 5.75 Å². The van der Waals surface area contributed by atoms with Crippen LogP contribution >= 0.6 is 0 Å². The second kappa shape index (κ2) is 8.77. The number of carbonyl (C=O) groups is 1. The predicted molar refractivity (Wildman–Crippen MR) is 93.9 cm³/mol. The molecule has 0 saturated heterocycles. The second-order valence-electron chi connectivity index (χ2n) is 7.26. The molecule has 1 unspecified atom stereocenters. The highest BCUT2D eigenvalue weighted by Crippen LogP contribution is 2.21. The maximum atomic E-state index is 12.0. The highest BCUT2D eigenvalue weighted by Gasteiger charge is 2.21. The third kappa shape index (κ3) is 8.45. The molecular formula is C18H30N2O3. The van der Waals surface area contributed by atoms with E-state index in [2.05, 4.69) is 24.5 Å². The number of amides is 2. The molecule has 0 spiro atoms. The van der Waals surface area contributed by atoms with E-state index in [4.69, 9.17) is 4.74 Å². The van der Waals surface area contributed by atoms with Crippen molar-refractivity contribution in [1.29, 1.82) is 0 Å². The largest absolute Gasteiger partial charge is 0.493 e. The van der Waals surface area contributed by atoms with Crippen molar-refractivity contribution in [3.05, 3.63) is 24.3 Å². The molecule has 5 nitrogen and oxygen atoms in total. The maximum absolute atomic E-state index is 12.0. The number of carbonyl (C=O) groups excluding carboxylic acids is 1. The molecule has 0 bridgehead atoms. The Bertz CT molecular complexity index is 499. The average molecular weight is 322 g/mol. The Kier molecular flexibility index (Phi) is 7.36. The number of rotatable bonds is 8. The lowest BCUT2D eigenvalue weighted by Gasteiger charge is -2.26. The molecule has 3 N–H and O–H groups in total. The van der Waals surface area contributed by atoms with Gasteiger partial charge in [0.05, 0.1) is 12.7 Å². The standard InChI is InChI=1S/C18H30N2O3/c1-13(2)11-23-16-8-6-7-15(9-16)20-17(22)19-12-18(4,5)10-14(3)21/h6-9,13-14,21H,10-12H2,1-5H3,(H2,19,20,22). The summed E-state index contributed by atoms with van der Waals surface area (Å²) < 4.78 is 5.65. The van der Waals surface area contributed by atoms with Gasteiger partial charge in [0, 0.05) is 18.3 Å².